The van der Waals surface area contributed by atoms with Gasteiger partial charge in [-0.1, -0.05) is 13.3 Å². The second kappa shape index (κ2) is 5.42. The summed E-state index contributed by atoms with van der Waals surface area (Å²) in [5, 5.41) is 8.80. The molecule has 1 N–H and O–H groups in total. The maximum atomic E-state index is 10.9. The number of carbonyl (C=O) groups is 1. The second-order valence-electron chi connectivity index (χ2n) is 2.70. The number of unbranched alkanes of at least 4 members (excludes halogenated alkanes) is 1. The van der Waals surface area contributed by atoms with Gasteiger partial charge in [-0.15, -0.1) is 0 Å². The first kappa shape index (κ1) is 9.63. The first-order chi connectivity index (χ1) is 4.66. The Morgan fingerprint density at radius 3 is 2.60 bits per heavy atom. The molecule has 0 unspecified atom stereocenters. The first-order valence-electron chi connectivity index (χ1n) is 3.86. The molecule has 0 radical (unpaired) electrons. The largest absolute Gasteiger partial charge is 0.393 e. The van der Waals surface area contributed by atoms with Crippen LogP contribution in [0.15, 0.2) is 0 Å². The molecule has 2 nitrogen and oxygen atoms in total. The van der Waals surface area contributed by atoms with Gasteiger partial charge in [0, 0.05) is 12.8 Å². The lowest BCUT2D eigenvalue weighted by molar-refractivity contribution is -0.120. The van der Waals surface area contributed by atoms with Gasteiger partial charge in [-0.25, -0.2) is 0 Å². The number of hydrogen-bond donors (Lipinski definition) is 1. The van der Waals surface area contributed by atoms with Crippen LogP contribution in [0, 0.1) is 0 Å². The number of hydrogen-bond acceptors (Lipinski definition) is 2. The van der Waals surface area contributed by atoms with Gasteiger partial charge in [0.2, 0.25) is 0 Å². The lowest BCUT2D eigenvalue weighted by atomic mass is 10.1. The van der Waals surface area contributed by atoms with E-state index < -0.39 is 6.10 Å². The Labute approximate surface area is 62.2 Å². The minimum absolute atomic E-state index is 0.178. The van der Waals surface area contributed by atoms with Crippen LogP contribution >= 0.6 is 0 Å². The number of aliphatic hydroxyl groups is 1. The van der Waals surface area contributed by atoms with Gasteiger partial charge in [-0.3, -0.25) is 4.79 Å². The summed E-state index contributed by atoms with van der Waals surface area (Å²) in [6, 6.07) is 0. The third-order valence-electron chi connectivity index (χ3n) is 1.33. The third kappa shape index (κ3) is 5.76. The Morgan fingerprint density at radius 2 is 2.20 bits per heavy atom. The summed E-state index contributed by atoms with van der Waals surface area (Å²) in [6.07, 6.45) is 2.47. The van der Waals surface area contributed by atoms with Gasteiger partial charge in [-0.05, 0) is 13.3 Å². The van der Waals surface area contributed by atoms with Crippen LogP contribution in [0.4, 0.5) is 0 Å². The Bertz CT molecular complexity index is 97.4. The summed E-state index contributed by atoms with van der Waals surface area (Å²) in [7, 11) is 0. The molecule has 0 saturated carbocycles. The fourth-order valence-corrected chi connectivity index (χ4v) is 0.805. The van der Waals surface area contributed by atoms with Crippen LogP contribution in [-0.2, 0) is 4.79 Å². The second-order valence-corrected chi connectivity index (χ2v) is 2.70. The van der Waals surface area contributed by atoms with Crippen molar-refractivity contribution in [3.05, 3.63) is 0 Å². The SMILES string of the molecule is CCCCC(=O)C[C@H](C)O. The van der Waals surface area contributed by atoms with E-state index in [1.807, 2.05) is 0 Å². The van der Waals surface area contributed by atoms with Gasteiger partial charge in [-0.2, -0.15) is 0 Å². The molecule has 0 rings (SSSR count). The summed E-state index contributed by atoms with van der Waals surface area (Å²) in [4.78, 5) is 10.9. The van der Waals surface area contributed by atoms with E-state index in [-0.39, 0.29) is 5.78 Å². The van der Waals surface area contributed by atoms with E-state index in [0.29, 0.717) is 12.8 Å². The summed E-state index contributed by atoms with van der Waals surface area (Å²) in [5.74, 6) is 0.178. The zero-order valence-electron chi connectivity index (χ0n) is 6.76. The van der Waals surface area contributed by atoms with Crippen molar-refractivity contribution in [1.29, 1.82) is 0 Å². The van der Waals surface area contributed by atoms with E-state index in [9.17, 15) is 4.79 Å². The van der Waals surface area contributed by atoms with Gasteiger partial charge in [0.25, 0.3) is 0 Å². The summed E-state index contributed by atoms with van der Waals surface area (Å²) < 4.78 is 0. The molecular weight excluding hydrogens is 128 g/mol. The minimum Gasteiger partial charge on any atom is -0.393 e. The van der Waals surface area contributed by atoms with Crippen LogP contribution in [0.25, 0.3) is 0 Å². The molecule has 0 amide bonds. The number of carbonyl (C=O) groups excluding carboxylic acids is 1. The Kier molecular flexibility index (Phi) is 5.22. The zero-order valence-corrected chi connectivity index (χ0v) is 6.76. The highest BCUT2D eigenvalue weighted by atomic mass is 16.3. The number of ketones is 1. The fourth-order valence-electron chi connectivity index (χ4n) is 0.805. The van der Waals surface area contributed by atoms with Crippen molar-refractivity contribution in [2.45, 2.75) is 45.6 Å². The topological polar surface area (TPSA) is 37.3 Å². The van der Waals surface area contributed by atoms with Crippen molar-refractivity contribution in [3.8, 4) is 0 Å². The van der Waals surface area contributed by atoms with Crippen LogP contribution in [0.3, 0.4) is 0 Å². The maximum absolute atomic E-state index is 10.9. The molecule has 10 heavy (non-hydrogen) atoms. The summed E-state index contributed by atoms with van der Waals surface area (Å²) >= 11 is 0. The zero-order chi connectivity index (χ0) is 7.98. The van der Waals surface area contributed by atoms with Gasteiger partial charge in [0.05, 0.1) is 6.10 Å². The molecule has 0 aromatic carbocycles. The molecule has 0 saturated heterocycles. The standard InChI is InChI=1S/C8H16O2/c1-3-4-5-8(10)6-7(2)9/h7,9H,3-6H2,1-2H3/t7-/m0/s1. The highest BCUT2D eigenvalue weighted by Gasteiger charge is 2.04. The third-order valence-corrected chi connectivity index (χ3v) is 1.33. The van der Waals surface area contributed by atoms with E-state index in [1.54, 1.807) is 6.92 Å². The van der Waals surface area contributed by atoms with Crippen LogP contribution < -0.4 is 0 Å². The number of Topliss-reactive ketones (excluding diaryl/α,β-unsaturated/α-hetero) is 1. The molecule has 60 valence electrons. The predicted molar refractivity (Wildman–Crippen MR) is 40.8 cm³/mol. The molecule has 1 atom stereocenters. The normalized spacial score (nSPS) is 13.1. The summed E-state index contributed by atoms with van der Waals surface area (Å²) in [6.45, 7) is 3.69. The molecule has 0 fully saturated rings. The van der Waals surface area contributed by atoms with Crippen LogP contribution in [0.5, 0.6) is 0 Å². The number of aliphatic hydroxyl groups excluding tert-OH is 1. The van der Waals surface area contributed by atoms with Gasteiger partial charge < -0.3 is 5.11 Å². The maximum Gasteiger partial charge on any atom is 0.135 e. The van der Waals surface area contributed by atoms with Crippen molar-refractivity contribution < 1.29 is 9.90 Å². The van der Waals surface area contributed by atoms with E-state index >= 15 is 0 Å². The van der Waals surface area contributed by atoms with Crippen molar-refractivity contribution in [1.82, 2.24) is 0 Å². The van der Waals surface area contributed by atoms with Gasteiger partial charge in [0.15, 0.2) is 0 Å². The Morgan fingerprint density at radius 1 is 1.60 bits per heavy atom. The van der Waals surface area contributed by atoms with Gasteiger partial charge in [0.1, 0.15) is 5.78 Å². The van der Waals surface area contributed by atoms with Crippen molar-refractivity contribution in [2.75, 3.05) is 0 Å². The van der Waals surface area contributed by atoms with Crippen molar-refractivity contribution in [3.63, 3.8) is 0 Å². The lowest BCUT2D eigenvalue weighted by Gasteiger charge is -2.01. The minimum atomic E-state index is -0.468. The molecule has 0 aliphatic rings. The molecule has 0 aliphatic carbocycles. The highest BCUT2D eigenvalue weighted by Crippen LogP contribution is 2.00. The van der Waals surface area contributed by atoms with E-state index in [1.165, 1.54) is 0 Å². The monoisotopic (exact) mass is 144 g/mol. The molecule has 0 aromatic heterocycles. The average Bonchev–Trinajstić information content (AvgIpc) is 1.82. The molecule has 0 heterocycles. The van der Waals surface area contributed by atoms with E-state index in [0.717, 1.165) is 12.8 Å². The molecular formula is C8H16O2. The Hall–Kier alpha value is -0.370. The first-order valence-corrected chi connectivity index (χ1v) is 3.86. The highest BCUT2D eigenvalue weighted by molar-refractivity contribution is 5.78. The number of rotatable bonds is 5. The molecule has 0 bridgehead atoms. The van der Waals surface area contributed by atoms with Crippen LogP contribution in [0.1, 0.15) is 39.5 Å². The summed E-state index contributed by atoms with van der Waals surface area (Å²) in [5.41, 5.74) is 0. The fraction of sp³-hybridized carbons (Fsp3) is 0.875. The van der Waals surface area contributed by atoms with Crippen LogP contribution in [0.2, 0.25) is 0 Å². The predicted octanol–water partition coefficient (Wildman–Crippen LogP) is 1.52. The van der Waals surface area contributed by atoms with E-state index in [2.05, 4.69) is 6.92 Å². The quantitative estimate of drug-likeness (QED) is 0.635. The average molecular weight is 144 g/mol. The van der Waals surface area contributed by atoms with Crippen LogP contribution in [-0.4, -0.2) is 17.0 Å². The lowest BCUT2D eigenvalue weighted by Crippen LogP contribution is -2.08. The molecule has 0 spiro atoms. The Balaban J connectivity index is 3.26. The van der Waals surface area contributed by atoms with Crippen molar-refractivity contribution in [2.24, 2.45) is 0 Å². The van der Waals surface area contributed by atoms with Crippen molar-refractivity contribution >= 4 is 5.78 Å². The molecule has 2 heteroatoms. The van der Waals surface area contributed by atoms with Gasteiger partial charge >= 0.3 is 0 Å². The smallest absolute Gasteiger partial charge is 0.135 e. The van der Waals surface area contributed by atoms with E-state index in [4.69, 9.17) is 5.11 Å². The molecule has 0 aliphatic heterocycles. The molecule has 0 aromatic rings.